The van der Waals surface area contributed by atoms with Crippen molar-refractivity contribution in [1.82, 2.24) is 0 Å². The molecule has 0 fully saturated rings. The van der Waals surface area contributed by atoms with Crippen LogP contribution in [0.4, 0.5) is 0 Å². The maximum absolute atomic E-state index is 5.91. The predicted octanol–water partition coefficient (Wildman–Crippen LogP) is 4.52. The first-order valence-electron chi connectivity index (χ1n) is 7.20. The molecule has 2 aromatic heterocycles. The molecule has 7 heteroatoms. The van der Waals surface area contributed by atoms with Crippen LogP contribution in [0.2, 0.25) is 0 Å². The van der Waals surface area contributed by atoms with Crippen LogP contribution in [0, 0.1) is 0 Å². The smallest absolute Gasteiger partial charge is 0.186 e. The van der Waals surface area contributed by atoms with Crippen LogP contribution < -0.4 is 18.9 Å². The van der Waals surface area contributed by atoms with E-state index in [4.69, 9.17) is 18.9 Å². The molecule has 0 radical (unpaired) electrons. The molecule has 4 rings (SSSR count). The predicted molar refractivity (Wildman–Crippen MR) is 90.6 cm³/mol. The van der Waals surface area contributed by atoms with Gasteiger partial charge in [0.25, 0.3) is 0 Å². The fourth-order valence-electron chi connectivity index (χ4n) is 2.38. The highest BCUT2D eigenvalue weighted by molar-refractivity contribution is 8.01. The van der Waals surface area contributed by atoms with Crippen LogP contribution >= 0.6 is 34.4 Å². The van der Waals surface area contributed by atoms with Gasteiger partial charge < -0.3 is 18.9 Å². The number of rotatable bonds is 3. The molecule has 2 aliphatic rings. The molecule has 2 aliphatic heterocycles. The standard InChI is InChI=1S/C15H16O4S3/c1-8(2)21-15-12-11(18-5-6-19-12)14(22-15)13-10-9(7-20-13)16-3-4-17-10/h7-8H,3-6H2,1-2H3. The average molecular weight is 356 g/mol. The SMILES string of the molecule is CC(C)Sc1sc(-c2scc3c2OCCO3)c2c1OCCO2. The third kappa shape index (κ3) is 2.45. The topological polar surface area (TPSA) is 36.9 Å². The Hall–Kier alpha value is -1.05. The number of hydrogen-bond acceptors (Lipinski definition) is 7. The van der Waals surface area contributed by atoms with E-state index in [0.717, 1.165) is 32.8 Å². The maximum atomic E-state index is 5.91. The first-order chi connectivity index (χ1) is 10.7. The van der Waals surface area contributed by atoms with E-state index in [2.05, 4.69) is 13.8 Å². The lowest BCUT2D eigenvalue weighted by Gasteiger charge is -2.18. The van der Waals surface area contributed by atoms with Crippen LogP contribution in [0.3, 0.4) is 0 Å². The molecule has 0 amide bonds. The summed E-state index contributed by atoms with van der Waals surface area (Å²) in [6.45, 7) is 6.77. The van der Waals surface area contributed by atoms with Gasteiger partial charge in [-0.05, 0) is 0 Å². The van der Waals surface area contributed by atoms with Gasteiger partial charge in [-0.1, -0.05) is 13.8 Å². The van der Waals surface area contributed by atoms with E-state index in [1.165, 1.54) is 4.21 Å². The molecule has 0 saturated carbocycles. The summed E-state index contributed by atoms with van der Waals surface area (Å²) in [7, 11) is 0. The zero-order chi connectivity index (χ0) is 15.1. The van der Waals surface area contributed by atoms with Crippen molar-refractivity contribution in [2.24, 2.45) is 0 Å². The van der Waals surface area contributed by atoms with Crippen LogP contribution in [0.25, 0.3) is 9.75 Å². The van der Waals surface area contributed by atoms with E-state index in [-0.39, 0.29) is 0 Å². The highest BCUT2D eigenvalue weighted by atomic mass is 32.2. The zero-order valence-electron chi connectivity index (χ0n) is 12.3. The average Bonchev–Trinajstić information content (AvgIpc) is 3.09. The fraction of sp³-hybridized carbons (Fsp3) is 0.467. The summed E-state index contributed by atoms with van der Waals surface area (Å²) in [5.74, 6) is 3.43. The van der Waals surface area contributed by atoms with E-state index in [1.54, 1.807) is 22.7 Å². The van der Waals surface area contributed by atoms with Gasteiger partial charge in [-0.15, -0.1) is 34.4 Å². The normalized spacial score (nSPS) is 16.1. The van der Waals surface area contributed by atoms with Crippen molar-refractivity contribution >= 4 is 34.4 Å². The number of hydrogen-bond donors (Lipinski definition) is 0. The second-order valence-electron chi connectivity index (χ2n) is 5.20. The van der Waals surface area contributed by atoms with Crippen LogP contribution in [-0.2, 0) is 0 Å². The van der Waals surface area contributed by atoms with Crippen molar-refractivity contribution in [1.29, 1.82) is 0 Å². The Morgan fingerprint density at radius 1 is 0.909 bits per heavy atom. The molecule has 0 aliphatic carbocycles. The van der Waals surface area contributed by atoms with E-state index >= 15 is 0 Å². The van der Waals surface area contributed by atoms with E-state index < -0.39 is 0 Å². The minimum Gasteiger partial charge on any atom is -0.485 e. The molecule has 0 saturated heterocycles. The second kappa shape index (κ2) is 5.86. The van der Waals surface area contributed by atoms with Crippen molar-refractivity contribution < 1.29 is 18.9 Å². The molecule has 0 N–H and O–H groups in total. The van der Waals surface area contributed by atoms with Crippen molar-refractivity contribution in [3.05, 3.63) is 5.38 Å². The summed E-state index contributed by atoms with van der Waals surface area (Å²) >= 11 is 5.18. The summed E-state index contributed by atoms with van der Waals surface area (Å²) in [6.07, 6.45) is 0. The third-order valence-corrected chi connectivity index (χ3v) is 6.68. The fourth-order valence-corrected chi connectivity index (χ4v) is 6.09. The van der Waals surface area contributed by atoms with Crippen LogP contribution in [-0.4, -0.2) is 31.7 Å². The summed E-state index contributed by atoms with van der Waals surface area (Å²) in [6, 6.07) is 0. The highest BCUT2D eigenvalue weighted by Crippen LogP contribution is 2.58. The molecule has 0 bridgehead atoms. The van der Waals surface area contributed by atoms with Gasteiger partial charge in [-0.2, -0.15) is 0 Å². The lowest BCUT2D eigenvalue weighted by molar-refractivity contribution is 0.169. The quantitative estimate of drug-likeness (QED) is 0.756. The van der Waals surface area contributed by atoms with Gasteiger partial charge in [0.15, 0.2) is 23.0 Å². The van der Waals surface area contributed by atoms with E-state index in [1.807, 2.05) is 17.1 Å². The molecule has 4 heterocycles. The lowest BCUT2D eigenvalue weighted by atomic mass is 10.3. The Bertz CT molecular complexity index is 689. The third-order valence-electron chi connectivity index (χ3n) is 3.22. The molecule has 22 heavy (non-hydrogen) atoms. The Morgan fingerprint density at radius 3 is 2.36 bits per heavy atom. The monoisotopic (exact) mass is 356 g/mol. The first kappa shape index (κ1) is 14.5. The van der Waals surface area contributed by atoms with E-state index in [0.29, 0.717) is 31.7 Å². The minimum absolute atomic E-state index is 0.498. The summed E-state index contributed by atoms with van der Waals surface area (Å²) in [4.78, 5) is 2.17. The Kier molecular flexibility index (Phi) is 3.88. The Labute approximate surface area is 141 Å². The van der Waals surface area contributed by atoms with Crippen LogP contribution in [0.15, 0.2) is 9.59 Å². The molecular formula is C15H16O4S3. The molecule has 0 atom stereocenters. The van der Waals surface area contributed by atoms with Crippen molar-refractivity contribution in [3.8, 4) is 32.8 Å². The van der Waals surface area contributed by atoms with Gasteiger partial charge in [-0.25, -0.2) is 0 Å². The molecule has 118 valence electrons. The van der Waals surface area contributed by atoms with Gasteiger partial charge in [0.1, 0.15) is 30.6 Å². The largest absolute Gasteiger partial charge is 0.485 e. The van der Waals surface area contributed by atoms with Gasteiger partial charge in [0, 0.05) is 10.6 Å². The number of fused-ring (bicyclic) bond motifs is 2. The van der Waals surface area contributed by atoms with Gasteiger partial charge >= 0.3 is 0 Å². The maximum Gasteiger partial charge on any atom is 0.186 e. The Morgan fingerprint density at radius 2 is 1.59 bits per heavy atom. The minimum atomic E-state index is 0.498. The molecule has 0 aromatic carbocycles. The second-order valence-corrected chi connectivity index (χ2v) is 8.94. The summed E-state index contributed by atoms with van der Waals surface area (Å²) in [5.41, 5.74) is 0. The lowest BCUT2D eigenvalue weighted by Crippen LogP contribution is -2.15. The van der Waals surface area contributed by atoms with Crippen molar-refractivity contribution in [2.75, 3.05) is 26.4 Å². The summed E-state index contributed by atoms with van der Waals surface area (Å²) < 4.78 is 24.4. The summed E-state index contributed by atoms with van der Waals surface area (Å²) in [5, 5.41) is 2.51. The molecule has 0 spiro atoms. The molecular weight excluding hydrogens is 340 g/mol. The van der Waals surface area contributed by atoms with Crippen LogP contribution in [0.5, 0.6) is 23.0 Å². The number of thiophene rings is 2. The zero-order valence-corrected chi connectivity index (χ0v) is 14.8. The van der Waals surface area contributed by atoms with E-state index in [9.17, 15) is 0 Å². The molecule has 0 unspecified atom stereocenters. The Balaban J connectivity index is 1.81. The molecule has 2 aromatic rings. The first-order valence-corrected chi connectivity index (χ1v) is 9.78. The van der Waals surface area contributed by atoms with Gasteiger partial charge in [-0.3, -0.25) is 0 Å². The van der Waals surface area contributed by atoms with Crippen molar-refractivity contribution in [2.45, 2.75) is 23.3 Å². The molecule has 4 nitrogen and oxygen atoms in total. The van der Waals surface area contributed by atoms with Gasteiger partial charge in [0.05, 0.1) is 9.75 Å². The number of ether oxygens (including phenoxy) is 4. The highest BCUT2D eigenvalue weighted by Gasteiger charge is 2.30. The van der Waals surface area contributed by atoms with Crippen molar-refractivity contribution in [3.63, 3.8) is 0 Å². The van der Waals surface area contributed by atoms with Gasteiger partial charge in [0.2, 0.25) is 0 Å². The number of thioether (sulfide) groups is 1. The van der Waals surface area contributed by atoms with Crippen LogP contribution in [0.1, 0.15) is 13.8 Å².